The topological polar surface area (TPSA) is 15.3 Å². The van der Waals surface area contributed by atoms with E-state index in [1.807, 2.05) is 0 Å². The molecule has 1 saturated carbocycles. The van der Waals surface area contributed by atoms with Crippen molar-refractivity contribution in [2.45, 2.75) is 49.7 Å². The van der Waals surface area contributed by atoms with Crippen molar-refractivity contribution in [3.63, 3.8) is 0 Å². The Bertz CT molecular complexity index is 208. The molecule has 1 saturated heterocycles. The quantitative estimate of drug-likeness (QED) is 0.705. The van der Waals surface area contributed by atoms with Crippen molar-refractivity contribution in [1.82, 2.24) is 10.2 Å². The van der Waals surface area contributed by atoms with Gasteiger partial charge in [-0.3, -0.25) is 0 Å². The van der Waals surface area contributed by atoms with Crippen LogP contribution in [0.1, 0.15) is 44.9 Å². The first-order valence-corrected chi connectivity index (χ1v) is 8.55. The Morgan fingerprint density at radius 2 is 1.82 bits per heavy atom. The van der Waals surface area contributed by atoms with Crippen LogP contribution in [-0.2, 0) is 0 Å². The van der Waals surface area contributed by atoms with Crippen molar-refractivity contribution in [3.05, 3.63) is 0 Å². The molecule has 2 nitrogen and oxygen atoms in total. The lowest BCUT2D eigenvalue weighted by atomic mass is 10.1. The van der Waals surface area contributed by atoms with Gasteiger partial charge in [-0.25, -0.2) is 0 Å². The fourth-order valence-electron chi connectivity index (χ4n) is 3.22. The summed E-state index contributed by atoms with van der Waals surface area (Å²) in [6.07, 6.45) is 12.2. The van der Waals surface area contributed by atoms with Crippen molar-refractivity contribution in [3.8, 4) is 0 Å². The highest BCUT2D eigenvalue weighted by atomic mass is 32.2. The molecule has 0 radical (unpaired) electrons. The van der Waals surface area contributed by atoms with E-state index < -0.39 is 0 Å². The minimum absolute atomic E-state index is 0.577. The van der Waals surface area contributed by atoms with Gasteiger partial charge in [0.2, 0.25) is 0 Å². The Kier molecular flexibility index (Phi) is 5.64. The molecule has 0 bridgehead atoms. The molecule has 2 aliphatic rings. The SMILES string of the molecule is CSC1(CNCCCN2CCCC2)CCCC1. The molecule has 3 heteroatoms. The van der Waals surface area contributed by atoms with Crippen LogP contribution >= 0.6 is 11.8 Å². The predicted octanol–water partition coefficient (Wildman–Crippen LogP) is 2.74. The highest BCUT2D eigenvalue weighted by Crippen LogP contribution is 2.39. The smallest absolute Gasteiger partial charge is 0.0281 e. The van der Waals surface area contributed by atoms with Gasteiger partial charge in [0.1, 0.15) is 0 Å². The maximum Gasteiger partial charge on any atom is 0.0281 e. The first kappa shape index (κ1) is 13.7. The van der Waals surface area contributed by atoms with Crippen molar-refractivity contribution in [2.24, 2.45) is 0 Å². The second kappa shape index (κ2) is 7.01. The zero-order valence-electron chi connectivity index (χ0n) is 11.3. The van der Waals surface area contributed by atoms with Crippen LogP contribution in [0.3, 0.4) is 0 Å². The van der Waals surface area contributed by atoms with E-state index in [4.69, 9.17) is 0 Å². The molecule has 0 amide bonds. The van der Waals surface area contributed by atoms with E-state index in [9.17, 15) is 0 Å². The molecule has 0 aromatic rings. The van der Waals surface area contributed by atoms with Gasteiger partial charge in [-0.15, -0.1) is 0 Å². The van der Waals surface area contributed by atoms with Crippen LogP contribution in [0.5, 0.6) is 0 Å². The number of hydrogen-bond donors (Lipinski definition) is 1. The molecule has 17 heavy (non-hydrogen) atoms. The number of thioether (sulfide) groups is 1. The molecular weight excluding hydrogens is 228 g/mol. The second-order valence-electron chi connectivity index (χ2n) is 5.67. The summed E-state index contributed by atoms with van der Waals surface area (Å²) in [6, 6.07) is 0. The Labute approximate surface area is 111 Å². The molecule has 0 unspecified atom stereocenters. The zero-order chi connectivity index (χ0) is 12.0. The maximum atomic E-state index is 3.70. The van der Waals surface area contributed by atoms with E-state index in [1.54, 1.807) is 0 Å². The van der Waals surface area contributed by atoms with Crippen molar-refractivity contribution < 1.29 is 0 Å². The highest BCUT2D eigenvalue weighted by Gasteiger charge is 2.32. The van der Waals surface area contributed by atoms with E-state index in [2.05, 4.69) is 28.2 Å². The summed E-state index contributed by atoms with van der Waals surface area (Å²) in [5.74, 6) is 0. The van der Waals surface area contributed by atoms with E-state index >= 15 is 0 Å². The van der Waals surface area contributed by atoms with Crippen LogP contribution in [0.25, 0.3) is 0 Å². The first-order chi connectivity index (χ1) is 8.35. The van der Waals surface area contributed by atoms with Gasteiger partial charge in [0, 0.05) is 11.3 Å². The van der Waals surface area contributed by atoms with Gasteiger partial charge in [-0.2, -0.15) is 11.8 Å². The lowest BCUT2D eigenvalue weighted by Crippen LogP contribution is -2.36. The molecule has 1 N–H and O–H groups in total. The Hall–Kier alpha value is 0.270. The number of likely N-dealkylation sites (tertiary alicyclic amines) is 1. The van der Waals surface area contributed by atoms with Crippen molar-refractivity contribution >= 4 is 11.8 Å². The molecule has 0 aromatic carbocycles. The maximum absolute atomic E-state index is 3.70. The molecule has 1 heterocycles. The number of nitrogens with zero attached hydrogens (tertiary/aromatic N) is 1. The minimum Gasteiger partial charge on any atom is -0.315 e. The molecular formula is C14H28N2S. The Morgan fingerprint density at radius 1 is 1.12 bits per heavy atom. The van der Waals surface area contributed by atoms with Crippen molar-refractivity contribution in [1.29, 1.82) is 0 Å². The molecule has 2 rings (SSSR count). The Morgan fingerprint density at radius 3 is 2.47 bits per heavy atom. The predicted molar refractivity (Wildman–Crippen MR) is 77.9 cm³/mol. The average Bonchev–Trinajstić information content (AvgIpc) is 3.00. The van der Waals surface area contributed by atoms with Crippen LogP contribution in [0.2, 0.25) is 0 Å². The molecule has 1 aliphatic carbocycles. The van der Waals surface area contributed by atoms with Gasteiger partial charge in [-0.05, 0) is 64.5 Å². The van der Waals surface area contributed by atoms with Gasteiger partial charge in [0.15, 0.2) is 0 Å². The summed E-state index contributed by atoms with van der Waals surface area (Å²) in [5, 5.41) is 3.70. The first-order valence-electron chi connectivity index (χ1n) is 7.33. The summed E-state index contributed by atoms with van der Waals surface area (Å²) in [5.41, 5.74) is 0. The minimum atomic E-state index is 0.577. The molecule has 100 valence electrons. The van der Waals surface area contributed by atoms with Crippen LogP contribution in [0, 0.1) is 0 Å². The normalized spacial score (nSPS) is 24.5. The zero-order valence-corrected chi connectivity index (χ0v) is 12.2. The standard InChI is InChI=1S/C14H28N2S/c1-17-14(7-2-3-8-14)13-15-9-6-12-16-10-4-5-11-16/h15H,2-13H2,1H3. The summed E-state index contributed by atoms with van der Waals surface area (Å²) in [6.45, 7) is 6.43. The molecule has 0 spiro atoms. The van der Waals surface area contributed by atoms with E-state index in [-0.39, 0.29) is 0 Å². The average molecular weight is 256 g/mol. The van der Waals surface area contributed by atoms with Crippen LogP contribution < -0.4 is 5.32 Å². The molecule has 0 aromatic heterocycles. The van der Waals surface area contributed by atoms with Gasteiger partial charge in [-0.1, -0.05) is 12.8 Å². The summed E-state index contributed by atoms with van der Waals surface area (Å²) in [4.78, 5) is 2.61. The Balaban J connectivity index is 1.53. The third kappa shape index (κ3) is 4.15. The summed E-state index contributed by atoms with van der Waals surface area (Å²) < 4.78 is 0.577. The van der Waals surface area contributed by atoms with Crippen molar-refractivity contribution in [2.75, 3.05) is 39.0 Å². The van der Waals surface area contributed by atoms with Gasteiger partial charge in [0.05, 0.1) is 0 Å². The number of nitrogens with one attached hydrogen (secondary N) is 1. The fourth-order valence-corrected chi connectivity index (χ4v) is 4.17. The van der Waals surface area contributed by atoms with E-state index in [1.165, 1.54) is 77.7 Å². The lowest BCUT2D eigenvalue weighted by molar-refractivity contribution is 0.330. The number of rotatable bonds is 7. The third-order valence-electron chi connectivity index (χ3n) is 4.42. The number of hydrogen-bond acceptors (Lipinski definition) is 3. The summed E-state index contributed by atoms with van der Waals surface area (Å²) >= 11 is 2.09. The molecule has 1 aliphatic heterocycles. The summed E-state index contributed by atoms with van der Waals surface area (Å²) in [7, 11) is 0. The van der Waals surface area contributed by atoms with Gasteiger partial charge >= 0.3 is 0 Å². The fraction of sp³-hybridized carbons (Fsp3) is 1.00. The highest BCUT2D eigenvalue weighted by molar-refractivity contribution is 8.00. The largest absolute Gasteiger partial charge is 0.315 e. The third-order valence-corrected chi connectivity index (χ3v) is 5.84. The van der Waals surface area contributed by atoms with E-state index in [0.717, 1.165) is 0 Å². The molecule has 0 atom stereocenters. The van der Waals surface area contributed by atoms with Gasteiger partial charge in [0.25, 0.3) is 0 Å². The van der Waals surface area contributed by atoms with Crippen LogP contribution in [-0.4, -0.2) is 48.6 Å². The van der Waals surface area contributed by atoms with Crippen LogP contribution in [0.15, 0.2) is 0 Å². The lowest BCUT2D eigenvalue weighted by Gasteiger charge is -2.27. The van der Waals surface area contributed by atoms with Crippen LogP contribution in [0.4, 0.5) is 0 Å². The second-order valence-corrected chi connectivity index (χ2v) is 6.95. The monoisotopic (exact) mass is 256 g/mol. The van der Waals surface area contributed by atoms with E-state index in [0.29, 0.717) is 4.75 Å². The molecule has 2 fully saturated rings. The van der Waals surface area contributed by atoms with Gasteiger partial charge < -0.3 is 10.2 Å².